The molecule has 0 bridgehead atoms. The minimum Gasteiger partial charge on any atom is -0.377 e. The number of likely N-dealkylation sites (tertiary alicyclic amines) is 1. The third-order valence-electron chi connectivity index (χ3n) is 3.73. The van der Waals surface area contributed by atoms with Crippen molar-refractivity contribution in [2.45, 2.75) is 19.3 Å². The summed E-state index contributed by atoms with van der Waals surface area (Å²) in [5.74, 6) is -1.01. The normalized spacial score (nSPS) is 19.3. The molecule has 2 rings (SSSR count). The van der Waals surface area contributed by atoms with Gasteiger partial charge in [-0.05, 0) is 6.42 Å². The van der Waals surface area contributed by atoms with Crippen LogP contribution >= 0.6 is 0 Å². The van der Waals surface area contributed by atoms with E-state index in [9.17, 15) is 19.2 Å². The molecule has 0 aromatic rings. The number of piperidine rings is 1. The van der Waals surface area contributed by atoms with Crippen LogP contribution in [-0.2, 0) is 33.4 Å². The predicted molar refractivity (Wildman–Crippen MR) is 79.7 cm³/mol. The third kappa shape index (κ3) is 5.36. The summed E-state index contributed by atoms with van der Waals surface area (Å²) in [6.45, 7) is 1.39. The van der Waals surface area contributed by atoms with E-state index in [-0.39, 0.29) is 63.1 Å². The molecule has 0 saturated carbocycles. The van der Waals surface area contributed by atoms with Gasteiger partial charge in [-0.3, -0.25) is 29.0 Å². The van der Waals surface area contributed by atoms with Crippen LogP contribution in [0.1, 0.15) is 19.3 Å². The quantitative estimate of drug-likeness (QED) is 0.389. The molecule has 0 aliphatic carbocycles. The van der Waals surface area contributed by atoms with E-state index in [0.29, 0.717) is 32.5 Å². The van der Waals surface area contributed by atoms with Crippen molar-refractivity contribution in [3.05, 3.63) is 0 Å². The molecule has 9 nitrogen and oxygen atoms in total. The Morgan fingerprint density at radius 3 is 1.67 bits per heavy atom. The van der Waals surface area contributed by atoms with E-state index in [0.717, 1.165) is 4.90 Å². The highest BCUT2D eigenvalue weighted by Gasteiger charge is 2.26. The SMILES string of the molecule is O=C1CCCC(=O)N1CCOCCOCCN1C(=O)COCC1=O. The van der Waals surface area contributed by atoms with Gasteiger partial charge in [-0.15, -0.1) is 0 Å². The second-order valence-corrected chi connectivity index (χ2v) is 5.45. The van der Waals surface area contributed by atoms with E-state index in [1.807, 2.05) is 0 Å². The highest BCUT2D eigenvalue weighted by atomic mass is 16.5. The molecule has 0 spiro atoms. The molecule has 0 atom stereocenters. The van der Waals surface area contributed by atoms with Gasteiger partial charge in [0.1, 0.15) is 13.2 Å². The number of imide groups is 2. The number of hydrogen-bond acceptors (Lipinski definition) is 7. The fraction of sp³-hybridized carbons (Fsp3) is 0.733. The summed E-state index contributed by atoms with van der Waals surface area (Å²) in [7, 11) is 0. The van der Waals surface area contributed by atoms with E-state index in [2.05, 4.69) is 0 Å². The first-order valence-electron chi connectivity index (χ1n) is 7.99. The van der Waals surface area contributed by atoms with Crippen LogP contribution in [0.2, 0.25) is 0 Å². The molecule has 4 amide bonds. The minimum absolute atomic E-state index is 0.0806. The second kappa shape index (κ2) is 9.45. The Morgan fingerprint density at radius 2 is 1.17 bits per heavy atom. The van der Waals surface area contributed by atoms with Crippen molar-refractivity contribution in [1.82, 2.24) is 9.80 Å². The van der Waals surface area contributed by atoms with E-state index in [1.54, 1.807) is 0 Å². The largest absolute Gasteiger partial charge is 0.377 e. The molecule has 0 N–H and O–H groups in total. The summed E-state index contributed by atoms with van der Waals surface area (Å²) in [4.78, 5) is 48.4. The molecule has 0 aromatic carbocycles. The van der Waals surface area contributed by atoms with Gasteiger partial charge in [-0.2, -0.15) is 0 Å². The Labute approximate surface area is 139 Å². The highest BCUT2D eigenvalue weighted by Crippen LogP contribution is 2.11. The highest BCUT2D eigenvalue weighted by molar-refractivity contribution is 5.98. The zero-order valence-corrected chi connectivity index (χ0v) is 13.5. The summed E-state index contributed by atoms with van der Waals surface area (Å²) in [6.07, 6.45) is 1.44. The number of rotatable bonds is 9. The van der Waals surface area contributed by atoms with Gasteiger partial charge in [0.15, 0.2) is 0 Å². The molecule has 2 heterocycles. The molecule has 134 valence electrons. The van der Waals surface area contributed by atoms with Crippen molar-refractivity contribution in [2.24, 2.45) is 0 Å². The number of amides is 4. The van der Waals surface area contributed by atoms with Gasteiger partial charge in [-0.1, -0.05) is 0 Å². The van der Waals surface area contributed by atoms with E-state index < -0.39 is 0 Å². The maximum Gasteiger partial charge on any atom is 0.255 e. The second-order valence-electron chi connectivity index (χ2n) is 5.45. The van der Waals surface area contributed by atoms with Gasteiger partial charge >= 0.3 is 0 Å². The lowest BCUT2D eigenvalue weighted by molar-refractivity contribution is -0.159. The van der Waals surface area contributed by atoms with E-state index in [4.69, 9.17) is 14.2 Å². The molecule has 2 fully saturated rings. The standard InChI is InChI=1S/C15H22N2O7/c18-12-2-1-3-13(19)16(12)4-6-22-8-9-23-7-5-17-14(20)10-24-11-15(17)21/h1-11H2. The fourth-order valence-electron chi connectivity index (χ4n) is 2.45. The van der Waals surface area contributed by atoms with Crippen LogP contribution in [0.25, 0.3) is 0 Å². The Balaban J connectivity index is 1.49. The van der Waals surface area contributed by atoms with Gasteiger partial charge in [0, 0.05) is 12.8 Å². The summed E-state index contributed by atoms with van der Waals surface area (Å²) in [6, 6.07) is 0. The van der Waals surface area contributed by atoms with Crippen molar-refractivity contribution in [3.8, 4) is 0 Å². The average molecular weight is 342 g/mol. The van der Waals surface area contributed by atoms with E-state index in [1.165, 1.54) is 4.90 Å². The van der Waals surface area contributed by atoms with Crippen molar-refractivity contribution in [3.63, 3.8) is 0 Å². The first-order valence-corrected chi connectivity index (χ1v) is 7.99. The number of carbonyl (C=O) groups is 4. The molecule has 0 aromatic heterocycles. The molecule has 0 unspecified atom stereocenters. The molecular weight excluding hydrogens is 320 g/mol. The van der Waals surface area contributed by atoms with Crippen molar-refractivity contribution < 1.29 is 33.4 Å². The molecule has 2 aliphatic rings. The topological polar surface area (TPSA) is 102 Å². The molecule has 24 heavy (non-hydrogen) atoms. The van der Waals surface area contributed by atoms with E-state index >= 15 is 0 Å². The zero-order chi connectivity index (χ0) is 17.4. The Morgan fingerprint density at radius 1 is 0.708 bits per heavy atom. The van der Waals surface area contributed by atoms with Crippen molar-refractivity contribution >= 4 is 23.6 Å². The number of carbonyl (C=O) groups excluding carboxylic acids is 4. The zero-order valence-electron chi connectivity index (χ0n) is 13.5. The smallest absolute Gasteiger partial charge is 0.255 e. The summed E-state index contributed by atoms with van der Waals surface area (Å²) in [5.41, 5.74) is 0. The van der Waals surface area contributed by atoms with Gasteiger partial charge in [0.05, 0.1) is 39.5 Å². The van der Waals surface area contributed by atoms with Crippen LogP contribution in [0.4, 0.5) is 0 Å². The van der Waals surface area contributed by atoms with Crippen LogP contribution < -0.4 is 0 Å². The fourth-order valence-corrected chi connectivity index (χ4v) is 2.45. The number of nitrogens with zero attached hydrogens (tertiary/aromatic N) is 2. The van der Waals surface area contributed by atoms with Gasteiger partial charge in [0.2, 0.25) is 11.8 Å². The van der Waals surface area contributed by atoms with Gasteiger partial charge < -0.3 is 14.2 Å². The number of morpholine rings is 1. The first-order chi connectivity index (χ1) is 11.6. The third-order valence-corrected chi connectivity index (χ3v) is 3.73. The summed E-state index contributed by atoms with van der Waals surface area (Å²) < 4.78 is 15.4. The maximum absolute atomic E-state index is 11.6. The lowest BCUT2D eigenvalue weighted by Gasteiger charge is -2.25. The lowest BCUT2D eigenvalue weighted by Crippen LogP contribution is -2.47. The maximum atomic E-state index is 11.6. The number of ether oxygens (including phenoxy) is 3. The minimum atomic E-state index is -0.359. The first kappa shape index (κ1) is 18.5. The average Bonchev–Trinajstić information content (AvgIpc) is 2.54. The van der Waals surface area contributed by atoms with Gasteiger partial charge in [0.25, 0.3) is 11.8 Å². The van der Waals surface area contributed by atoms with Crippen LogP contribution in [0, 0.1) is 0 Å². The van der Waals surface area contributed by atoms with Crippen LogP contribution in [0.15, 0.2) is 0 Å². The molecule has 0 radical (unpaired) electrons. The Bertz CT molecular complexity index is 418. The van der Waals surface area contributed by atoms with Crippen LogP contribution in [0.5, 0.6) is 0 Å². The predicted octanol–water partition coefficient (Wildman–Crippen LogP) is -1.06. The Kier molecular flexibility index (Phi) is 7.29. The van der Waals surface area contributed by atoms with Crippen LogP contribution in [0.3, 0.4) is 0 Å². The number of hydrogen-bond donors (Lipinski definition) is 0. The van der Waals surface area contributed by atoms with Crippen LogP contribution in [-0.4, -0.2) is 86.2 Å². The van der Waals surface area contributed by atoms with Crippen molar-refractivity contribution in [2.75, 3.05) is 52.7 Å². The summed E-state index contributed by atoms with van der Waals surface area (Å²) >= 11 is 0. The lowest BCUT2D eigenvalue weighted by atomic mass is 10.1. The molecule has 2 aliphatic heterocycles. The van der Waals surface area contributed by atoms with Gasteiger partial charge in [-0.25, -0.2) is 0 Å². The van der Waals surface area contributed by atoms with Crippen molar-refractivity contribution in [1.29, 1.82) is 0 Å². The molecule has 9 heteroatoms. The molecule has 2 saturated heterocycles. The Hall–Kier alpha value is -1.84. The summed E-state index contributed by atoms with van der Waals surface area (Å²) in [5, 5.41) is 0. The monoisotopic (exact) mass is 342 g/mol. The molecular formula is C15H22N2O7.